The molecule has 0 aliphatic heterocycles. The summed E-state index contributed by atoms with van der Waals surface area (Å²) in [6.07, 6.45) is 0. The molecular formula is C21H15FN2O2. The standard InChI is InChI=1S/C21H15FN2O2/c22-18-9-7-15(8-10-18)14-26-20-6-2-5-19(12-20)24-21(25)17-4-1-3-16(11-17)13-23/h1-12H,14H2,(H,24,25). The average molecular weight is 346 g/mol. The first kappa shape index (κ1) is 17.2. The zero-order valence-electron chi connectivity index (χ0n) is 13.8. The Hall–Kier alpha value is -3.65. The van der Waals surface area contributed by atoms with Crippen molar-refractivity contribution in [3.05, 3.63) is 95.3 Å². The number of benzene rings is 3. The van der Waals surface area contributed by atoms with Crippen LogP contribution in [0.3, 0.4) is 0 Å². The van der Waals surface area contributed by atoms with Crippen molar-refractivity contribution in [1.82, 2.24) is 0 Å². The van der Waals surface area contributed by atoms with Gasteiger partial charge >= 0.3 is 0 Å². The summed E-state index contributed by atoms with van der Waals surface area (Å²) in [5.41, 5.74) is 2.25. The largest absolute Gasteiger partial charge is 0.489 e. The van der Waals surface area contributed by atoms with Crippen LogP contribution in [0.2, 0.25) is 0 Å². The van der Waals surface area contributed by atoms with Crippen molar-refractivity contribution < 1.29 is 13.9 Å². The first-order chi connectivity index (χ1) is 12.6. The monoisotopic (exact) mass is 346 g/mol. The van der Waals surface area contributed by atoms with Crippen LogP contribution in [0.4, 0.5) is 10.1 Å². The summed E-state index contributed by atoms with van der Waals surface area (Å²) >= 11 is 0. The number of carbonyl (C=O) groups is 1. The minimum absolute atomic E-state index is 0.293. The van der Waals surface area contributed by atoms with E-state index in [0.29, 0.717) is 29.2 Å². The highest BCUT2D eigenvalue weighted by Crippen LogP contribution is 2.19. The van der Waals surface area contributed by atoms with Crippen LogP contribution in [0.1, 0.15) is 21.5 Å². The summed E-state index contributed by atoms with van der Waals surface area (Å²) in [6.45, 7) is 0.294. The van der Waals surface area contributed by atoms with Crippen LogP contribution in [-0.2, 0) is 6.61 Å². The highest BCUT2D eigenvalue weighted by Gasteiger charge is 2.07. The van der Waals surface area contributed by atoms with Crippen molar-refractivity contribution >= 4 is 11.6 Å². The first-order valence-electron chi connectivity index (χ1n) is 7.93. The SMILES string of the molecule is N#Cc1cccc(C(=O)Nc2cccc(OCc3ccc(F)cc3)c2)c1. The van der Waals surface area contributed by atoms with Crippen molar-refractivity contribution in [2.45, 2.75) is 6.61 Å². The van der Waals surface area contributed by atoms with Crippen molar-refractivity contribution in [3.8, 4) is 11.8 Å². The van der Waals surface area contributed by atoms with E-state index < -0.39 is 0 Å². The van der Waals surface area contributed by atoms with Crippen molar-refractivity contribution in [2.24, 2.45) is 0 Å². The van der Waals surface area contributed by atoms with E-state index in [-0.39, 0.29) is 11.7 Å². The molecule has 0 heterocycles. The molecule has 26 heavy (non-hydrogen) atoms. The van der Waals surface area contributed by atoms with Crippen LogP contribution in [-0.4, -0.2) is 5.91 Å². The van der Waals surface area contributed by atoms with Crippen LogP contribution in [0.5, 0.6) is 5.75 Å². The summed E-state index contributed by atoms with van der Waals surface area (Å²) < 4.78 is 18.6. The fourth-order valence-corrected chi connectivity index (χ4v) is 2.34. The van der Waals surface area contributed by atoms with Gasteiger partial charge in [0, 0.05) is 17.3 Å². The quantitative estimate of drug-likeness (QED) is 0.738. The third kappa shape index (κ3) is 4.46. The maximum Gasteiger partial charge on any atom is 0.255 e. The molecule has 3 aromatic rings. The Morgan fingerprint density at radius 1 is 1.04 bits per heavy atom. The number of halogens is 1. The Morgan fingerprint density at radius 3 is 2.58 bits per heavy atom. The smallest absolute Gasteiger partial charge is 0.255 e. The second-order valence-corrected chi connectivity index (χ2v) is 5.59. The van der Waals surface area contributed by atoms with E-state index in [0.717, 1.165) is 5.56 Å². The van der Waals surface area contributed by atoms with Gasteiger partial charge in [-0.3, -0.25) is 4.79 Å². The molecule has 0 saturated heterocycles. The summed E-state index contributed by atoms with van der Waals surface area (Å²) in [4.78, 5) is 12.3. The van der Waals surface area contributed by atoms with Crippen LogP contribution in [0, 0.1) is 17.1 Å². The minimum Gasteiger partial charge on any atom is -0.489 e. The van der Waals surface area contributed by atoms with Crippen LogP contribution >= 0.6 is 0 Å². The van der Waals surface area contributed by atoms with Gasteiger partial charge < -0.3 is 10.1 Å². The third-order valence-corrected chi connectivity index (χ3v) is 3.66. The number of carbonyl (C=O) groups excluding carboxylic acids is 1. The van der Waals surface area contributed by atoms with Gasteiger partial charge in [0.25, 0.3) is 5.91 Å². The Bertz CT molecular complexity index is 962. The Labute approximate surface area is 150 Å². The first-order valence-corrected chi connectivity index (χ1v) is 7.93. The molecule has 1 amide bonds. The van der Waals surface area contributed by atoms with Crippen molar-refractivity contribution in [2.75, 3.05) is 5.32 Å². The van der Waals surface area contributed by atoms with Gasteiger partial charge in [0.05, 0.1) is 11.6 Å². The second-order valence-electron chi connectivity index (χ2n) is 5.59. The number of hydrogen-bond donors (Lipinski definition) is 1. The number of rotatable bonds is 5. The molecule has 0 unspecified atom stereocenters. The lowest BCUT2D eigenvalue weighted by atomic mass is 10.1. The molecule has 0 bridgehead atoms. The number of anilines is 1. The third-order valence-electron chi connectivity index (χ3n) is 3.66. The predicted octanol–water partition coefficient (Wildman–Crippen LogP) is 4.53. The number of nitrogens with zero attached hydrogens (tertiary/aromatic N) is 1. The average Bonchev–Trinajstić information content (AvgIpc) is 2.68. The van der Waals surface area contributed by atoms with Gasteiger partial charge in [0.2, 0.25) is 0 Å². The highest BCUT2D eigenvalue weighted by atomic mass is 19.1. The van der Waals surface area contributed by atoms with Crippen LogP contribution in [0.25, 0.3) is 0 Å². The van der Waals surface area contributed by atoms with E-state index in [2.05, 4.69) is 5.32 Å². The lowest BCUT2D eigenvalue weighted by molar-refractivity contribution is 0.102. The zero-order chi connectivity index (χ0) is 18.4. The van der Waals surface area contributed by atoms with Gasteiger partial charge in [0.15, 0.2) is 0 Å². The van der Waals surface area contributed by atoms with Crippen LogP contribution < -0.4 is 10.1 Å². The molecule has 0 atom stereocenters. The highest BCUT2D eigenvalue weighted by molar-refractivity contribution is 6.04. The lowest BCUT2D eigenvalue weighted by Gasteiger charge is -2.09. The number of hydrogen-bond acceptors (Lipinski definition) is 3. The minimum atomic E-state index is -0.308. The molecule has 0 fully saturated rings. The molecule has 3 rings (SSSR count). The van der Waals surface area contributed by atoms with E-state index >= 15 is 0 Å². The summed E-state index contributed by atoms with van der Waals surface area (Å²) in [5, 5.41) is 11.7. The molecule has 1 N–H and O–H groups in total. The van der Waals surface area contributed by atoms with Gasteiger partial charge in [-0.2, -0.15) is 5.26 Å². The molecule has 128 valence electrons. The van der Waals surface area contributed by atoms with Gasteiger partial charge in [0.1, 0.15) is 18.2 Å². The van der Waals surface area contributed by atoms with Crippen molar-refractivity contribution in [3.63, 3.8) is 0 Å². The van der Waals surface area contributed by atoms with E-state index in [4.69, 9.17) is 10.00 Å². The second kappa shape index (κ2) is 7.95. The Kier molecular flexibility index (Phi) is 5.25. The molecular weight excluding hydrogens is 331 g/mol. The number of amides is 1. The fraction of sp³-hybridized carbons (Fsp3) is 0.0476. The summed E-state index contributed by atoms with van der Waals surface area (Å²) in [7, 11) is 0. The Balaban J connectivity index is 1.66. The molecule has 4 nitrogen and oxygen atoms in total. The number of ether oxygens (including phenoxy) is 1. The molecule has 0 aromatic heterocycles. The lowest BCUT2D eigenvalue weighted by Crippen LogP contribution is -2.12. The number of nitrogens with one attached hydrogen (secondary N) is 1. The molecule has 5 heteroatoms. The van der Waals surface area contributed by atoms with Crippen molar-refractivity contribution in [1.29, 1.82) is 5.26 Å². The van der Waals surface area contributed by atoms with E-state index in [9.17, 15) is 9.18 Å². The molecule has 0 aliphatic carbocycles. The maximum atomic E-state index is 12.9. The van der Waals surface area contributed by atoms with Gasteiger partial charge in [-0.15, -0.1) is 0 Å². The molecule has 0 radical (unpaired) electrons. The normalized spacial score (nSPS) is 10.0. The summed E-state index contributed by atoms with van der Waals surface area (Å²) in [6, 6.07) is 21.5. The fourth-order valence-electron chi connectivity index (χ4n) is 2.34. The topological polar surface area (TPSA) is 62.1 Å². The molecule has 0 saturated carbocycles. The molecule has 0 aliphatic rings. The maximum absolute atomic E-state index is 12.9. The van der Waals surface area contributed by atoms with Gasteiger partial charge in [-0.05, 0) is 48.0 Å². The van der Waals surface area contributed by atoms with E-state index in [1.54, 1.807) is 54.6 Å². The molecule has 0 spiro atoms. The molecule has 3 aromatic carbocycles. The van der Waals surface area contributed by atoms with E-state index in [1.165, 1.54) is 18.2 Å². The van der Waals surface area contributed by atoms with E-state index in [1.807, 2.05) is 6.07 Å². The van der Waals surface area contributed by atoms with Crippen LogP contribution in [0.15, 0.2) is 72.8 Å². The predicted molar refractivity (Wildman–Crippen MR) is 96.3 cm³/mol. The number of nitriles is 1. The summed E-state index contributed by atoms with van der Waals surface area (Å²) in [5.74, 6) is -0.0189. The van der Waals surface area contributed by atoms with Gasteiger partial charge in [-0.1, -0.05) is 24.3 Å². The Morgan fingerprint density at radius 2 is 1.81 bits per heavy atom. The van der Waals surface area contributed by atoms with Gasteiger partial charge in [-0.25, -0.2) is 4.39 Å². The zero-order valence-corrected chi connectivity index (χ0v) is 13.8.